The van der Waals surface area contributed by atoms with E-state index in [1.165, 1.54) is 50.3 Å². The van der Waals surface area contributed by atoms with Gasteiger partial charge in [-0.2, -0.15) is 6.67 Å². The van der Waals surface area contributed by atoms with Crippen molar-refractivity contribution in [2.24, 2.45) is 0 Å². The van der Waals surface area contributed by atoms with Gasteiger partial charge in [-0.15, -0.1) is 0 Å². The number of nitrogens with zero attached hydrogens (tertiary/aromatic N) is 2. The second-order valence-corrected chi connectivity index (χ2v) is 8.94. The first-order chi connectivity index (χ1) is 13.6. The quantitative estimate of drug-likeness (QED) is 0.380. The first-order valence-corrected chi connectivity index (χ1v) is 11.2. The summed E-state index contributed by atoms with van der Waals surface area (Å²) >= 11 is 2.44. The van der Waals surface area contributed by atoms with Crippen molar-refractivity contribution in [1.29, 1.82) is 0 Å². The molecular weight excluding hydrogens is 441 g/mol. The van der Waals surface area contributed by atoms with E-state index in [0.717, 1.165) is 13.1 Å². The zero-order chi connectivity index (χ0) is 21.7. The Hall–Kier alpha value is -1.73. The fraction of sp³-hybridized carbons (Fsp3) is 0.385. The molecule has 0 N–H and O–H groups in total. The second-order valence-electron chi connectivity index (χ2n) is 8.36. The molecule has 0 amide bonds. The summed E-state index contributed by atoms with van der Waals surface area (Å²) in [5.74, 6) is 0. The van der Waals surface area contributed by atoms with Gasteiger partial charge in [0.15, 0.2) is 0 Å². The van der Waals surface area contributed by atoms with Crippen molar-refractivity contribution in [3.8, 4) is 0 Å². The average molecular weight is 477 g/mol. The standard InChI is InChI=1S/C21H27N2.C5H8.Ru/c1-14-9-16(3)20(17(4)10-14)22-7-8-23(13-22)21-18(5)11-15(2)12-19(21)6;1-4-5(2)3;/h9-13H,7-8H2,1-6H3;1,4H,2-3H3;/q-1;;+1. The van der Waals surface area contributed by atoms with Crippen molar-refractivity contribution in [2.45, 2.75) is 55.4 Å². The van der Waals surface area contributed by atoms with E-state index in [-0.39, 0.29) is 0 Å². The second kappa shape index (κ2) is 10.3. The van der Waals surface area contributed by atoms with E-state index in [4.69, 9.17) is 0 Å². The van der Waals surface area contributed by atoms with Crippen LogP contribution in [0.1, 0.15) is 47.2 Å². The molecule has 1 aliphatic heterocycles. The van der Waals surface area contributed by atoms with Gasteiger partial charge in [0.1, 0.15) is 0 Å². The number of anilines is 2. The molecule has 2 aromatic carbocycles. The van der Waals surface area contributed by atoms with Gasteiger partial charge in [-0.05, 0) is 63.8 Å². The van der Waals surface area contributed by atoms with Crippen LogP contribution in [-0.4, -0.2) is 17.7 Å². The van der Waals surface area contributed by atoms with E-state index in [2.05, 4.69) is 120 Å². The maximum atomic E-state index is 2.44. The first kappa shape index (κ1) is 23.6. The van der Waals surface area contributed by atoms with Crippen molar-refractivity contribution in [3.05, 3.63) is 76.0 Å². The maximum absolute atomic E-state index is 2.44. The Morgan fingerprint density at radius 1 is 0.759 bits per heavy atom. The van der Waals surface area contributed by atoms with Crippen LogP contribution in [-0.2, 0) is 17.9 Å². The van der Waals surface area contributed by atoms with Crippen LogP contribution < -0.4 is 9.80 Å². The van der Waals surface area contributed by atoms with Gasteiger partial charge in [-0.1, -0.05) is 35.4 Å². The Bertz CT molecular complexity index is 797. The minimum Gasteiger partial charge on any atom is -0.502 e. The zero-order valence-electron chi connectivity index (χ0n) is 19.2. The van der Waals surface area contributed by atoms with Gasteiger partial charge in [0.25, 0.3) is 0 Å². The molecule has 1 saturated heterocycles. The normalized spacial score (nSPS) is 13.1. The number of aryl methyl sites for hydroxylation is 6. The van der Waals surface area contributed by atoms with Crippen LogP contribution in [0.3, 0.4) is 0 Å². The fourth-order valence-corrected chi connectivity index (χ4v) is 4.79. The van der Waals surface area contributed by atoms with E-state index in [1.807, 2.05) is 4.61 Å². The molecule has 1 fully saturated rings. The van der Waals surface area contributed by atoms with Gasteiger partial charge in [-0.25, -0.2) is 0 Å². The van der Waals surface area contributed by atoms with Crippen LogP contribution in [0, 0.1) is 48.2 Å². The molecule has 0 unspecified atom stereocenters. The third-order valence-electron chi connectivity index (χ3n) is 5.10. The predicted molar refractivity (Wildman–Crippen MR) is 126 cm³/mol. The van der Waals surface area contributed by atoms with Crippen molar-refractivity contribution in [2.75, 3.05) is 22.9 Å². The fourth-order valence-electron chi connectivity index (χ4n) is 4.21. The third-order valence-corrected chi connectivity index (χ3v) is 5.39. The number of hydrogen-bond donors (Lipinski definition) is 0. The Morgan fingerprint density at radius 3 is 1.34 bits per heavy atom. The Labute approximate surface area is 187 Å². The summed E-state index contributed by atoms with van der Waals surface area (Å²) in [4.78, 5) is 4.81. The van der Waals surface area contributed by atoms with Gasteiger partial charge in [0, 0.05) is 24.5 Å². The summed E-state index contributed by atoms with van der Waals surface area (Å²) < 4.78 is 1.97. The maximum Gasteiger partial charge on any atom is 0.0146 e. The predicted octanol–water partition coefficient (Wildman–Crippen LogP) is 6.28. The van der Waals surface area contributed by atoms with E-state index in [1.54, 1.807) is 0 Å². The van der Waals surface area contributed by atoms with Crippen molar-refractivity contribution in [1.82, 2.24) is 0 Å². The van der Waals surface area contributed by atoms with Crippen LogP contribution in [0.25, 0.3) is 0 Å². The van der Waals surface area contributed by atoms with Crippen molar-refractivity contribution < 1.29 is 17.9 Å². The summed E-state index contributed by atoms with van der Waals surface area (Å²) in [5.41, 5.74) is 12.2. The van der Waals surface area contributed by atoms with E-state index in [0.29, 0.717) is 0 Å². The van der Waals surface area contributed by atoms with Gasteiger partial charge in [-0.3, -0.25) is 0 Å². The summed E-state index contributed by atoms with van der Waals surface area (Å²) in [6.45, 7) is 21.7. The SMILES string of the molecule is CC(C)=C[CH]=[Ru+].Cc1cc(C)c(N2[CH-]N(c3c(C)cc(C)cc3C)CC2)c(C)c1. The topological polar surface area (TPSA) is 6.48 Å². The molecule has 1 aliphatic rings. The summed E-state index contributed by atoms with van der Waals surface area (Å²) in [7, 11) is 0. The van der Waals surface area contributed by atoms with Gasteiger partial charge < -0.3 is 9.80 Å². The van der Waals surface area contributed by atoms with Crippen LogP contribution in [0.5, 0.6) is 0 Å². The van der Waals surface area contributed by atoms with Gasteiger partial charge in [0.2, 0.25) is 0 Å². The largest absolute Gasteiger partial charge is 0.502 e. The minimum absolute atomic E-state index is 1.04. The van der Waals surface area contributed by atoms with Crippen LogP contribution in [0.2, 0.25) is 0 Å². The van der Waals surface area contributed by atoms with Crippen LogP contribution in [0.15, 0.2) is 35.9 Å². The van der Waals surface area contributed by atoms with E-state index < -0.39 is 0 Å². The molecule has 0 saturated carbocycles. The smallest absolute Gasteiger partial charge is 0.0146 e. The summed E-state index contributed by atoms with van der Waals surface area (Å²) in [6.07, 6.45) is 2.05. The number of rotatable bonds is 3. The molecule has 0 spiro atoms. The average Bonchev–Trinajstić information content (AvgIpc) is 3.02. The minimum atomic E-state index is 1.04. The van der Waals surface area contributed by atoms with Crippen molar-refractivity contribution in [3.63, 3.8) is 0 Å². The molecule has 1 heterocycles. The monoisotopic (exact) mass is 477 g/mol. The molecule has 3 rings (SSSR count). The molecule has 0 bridgehead atoms. The van der Waals surface area contributed by atoms with E-state index in [9.17, 15) is 0 Å². The molecule has 0 atom stereocenters. The Balaban J connectivity index is 0.000000438. The van der Waals surface area contributed by atoms with E-state index >= 15 is 0 Å². The molecule has 157 valence electrons. The molecule has 2 nitrogen and oxygen atoms in total. The molecule has 3 heteroatoms. The van der Waals surface area contributed by atoms with Crippen LogP contribution in [0.4, 0.5) is 11.4 Å². The third kappa shape index (κ3) is 6.12. The zero-order valence-corrected chi connectivity index (χ0v) is 20.9. The van der Waals surface area contributed by atoms with Gasteiger partial charge >= 0.3 is 48.0 Å². The number of hydrogen-bond acceptors (Lipinski definition) is 2. The first-order valence-electron chi connectivity index (χ1n) is 10.2. The summed E-state index contributed by atoms with van der Waals surface area (Å²) in [5, 5.41) is 0. The molecule has 0 aromatic heterocycles. The summed E-state index contributed by atoms with van der Waals surface area (Å²) in [6, 6.07) is 9.12. The van der Waals surface area contributed by atoms with Crippen molar-refractivity contribution >= 4 is 16.0 Å². The molecular formula is C26H35N2Ru. The molecule has 29 heavy (non-hydrogen) atoms. The molecule has 0 aliphatic carbocycles. The Morgan fingerprint density at radius 2 is 1.10 bits per heavy atom. The van der Waals surface area contributed by atoms with Gasteiger partial charge in [0.05, 0.1) is 0 Å². The number of allylic oxidation sites excluding steroid dienone is 2. The molecule has 2 aromatic rings. The Kier molecular flexibility index (Phi) is 8.40. The van der Waals surface area contributed by atoms with Crippen LogP contribution >= 0.6 is 0 Å². The number of benzene rings is 2. The molecule has 0 radical (unpaired) electrons.